The van der Waals surface area contributed by atoms with E-state index in [0.29, 0.717) is 12.4 Å². The molecule has 6 heteroatoms. The Balaban J connectivity index is 1.36. The summed E-state index contributed by atoms with van der Waals surface area (Å²) >= 11 is 0. The van der Waals surface area contributed by atoms with Gasteiger partial charge in [-0.25, -0.2) is 4.99 Å². The first kappa shape index (κ1) is 17.6. The molecule has 0 spiro atoms. The standard InChI is InChI=1S/C23H24N6/c1-15-10-22(24)28-23(27-13-16-2-4-20-18(11-16)6-8-25-20)29(15)14-17-3-5-21-19(12-17)7-9-26-21/h2-12,23,25-27H,13-14H2,1H3,(H2,24,28). The van der Waals surface area contributed by atoms with Crippen LogP contribution in [0.5, 0.6) is 0 Å². The summed E-state index contributed by atoms with van der Waals surface area (Å²) < 4.78 is 0. The normalized spacial score (nSPS) is 17.0. The SMILES string of the molecule is CC1=CC(N)=NC(NCc2ccc3[nH]ccc3c2)N1Cc1ccc2[nH]ccc2c1. The molecule has 0 bridgehead atoms. The van der Waals surface area contributed by atoms with Gasteiger partial charge in [0.1, 0.15) is 5.84 Å². The van der Waals surface area contributed by atoms with Crippen LogP contribution in [0, 0.1) is 0 Å². The first-order chi connectivity index (χ1) is 14.2. The number of nitrogens with zero attached hydrogens (tertiary/aromatic N) is 2. The van der Waals surface area contributed by atoms with Crippen molar-refractivity contribution in [2.45, 2.75) is 26.3 Å². The highest BCUT2D eigenvalue weighted by molar-refractivity contribution is 5.92. The average Bonchev–Trinajstić information content (AvgIpc) is 3.36. The number of fused-ring (bicyclic) bond motifs is 2. The van der Waals surface area contributed by atoms with Crippen LogP contribution in [0.25, 0.3) is 21.8 Å². The molecule has 4 aromatic rings. The molecule has 146 valence electrons. The van der Waals surface area contributed by atoms with Crippen LogP contribution in [-0.4, -0.2) is 27.0 Å². The molecule has 5 N–H and O–H groups in total. The van der Waals surface area contributed by atoms with E-state index in [4.69, 9.17) is 5.73 Å². The third-order valence-corrected chi connectivity index (χ3v) is 5.45. The molecule has 2 aromatic carbocycles. The summed E-state index contributed by atoms with van der Waals surface area (Å²) in [7, 11) is 0. The van der Waals surface area contributed by atoms with Crippen molar-refractivity contribution in [3.05, 3.63) is 83.8 Å². The van der Waals surface area contributed by atoms with Gasteiger partial charge >= 0.3 is 0 Å². The van der Waals surface area contributed by atoms with Gasteiger partial charge in [-0.05, 0) is 71.3 Å². The van der Waals surface area contributed by atoms with Crippen molar-refractivity contribution in [1.82, 2.24) is 20.2 Å². The zero-order chi connectivity index (χ0) is 19.8. The highest BCUT2D eigenvalue weighted by Crippen LogP contribution is 2.21. The smallest absolute Gasteiger partial charge is 0.178 e. The maximum atomic E-state index is 6.06. The molecule has 5 rings (SSSR count). The lowest BCUT2D eigenvalue weighted by molar-refractivity contribution is 0.207. The number of H-pyrrole nitrogens is 2. The number of aromatic nitrogens is 2. The van der Waals surface area contributed by atoms with Crippen molar-refractivity contribution >= 4 is 27.6 Å². The minimum absolute atomic E-state index is 0.205. The Kier molecular flexibility index (Phi) is 4.33. The quantitative estimate of drug-likeness (QED) is 0.422. The lowest BCUT2D eigenvalue weighted by Crippen LogP contribution is -2.46. The van der Waals surface area contributed by atoms with Crippen molar-refractivity contribution in [2.24, 2.45) is 10.7 Å². The van der Waals surface area contributed by atoms with E-state index in [-0.39, 0.29) is 6.29 Å². The Morgan fingerprint density at radius 2 is 1.62 bits per heavy atom. The Hall–Kier alpha value is -3.51. The van der Waals surface area contributed by atoms with Crippen LogP contribution < -0.4 is 11.1 Å². The lowest BCUT2D eigenvalue weighted by Gasteiger charge is -2.35. The first-order valence-corrected chi connectivity index (χ1v) is 9.79. The molecule has 1 aliphatic heterocycles. The van der Waals surface area contributed by atoms with Gasteiger partial charge in [-0.1, -0.05) is 12.1 Å². The maximum Gasteiger partial charge on any atom is 0.178 e. The number of aromatic amines is 2. The number of aliphatic imine (C=N–C) groups is 1. The van der Waals surface area contributed by atoms with Gasteiger partial charge in [-0.2, -0.15) is 0 Å². The average molecular weight is 384 g/mol. The Morgan fingerprint density at radius 1 is 0.966 bits per heavy atom. The van der Waals surface area contributed by atoms with Crippen molar-refractivity contribution in [2.75, 3.05) is 0 Å². The van der Waals surface area contributed by atoms with Crippen LogP contribution in [0.15, 0.2) is 77.7 Å². The van der Waals surface area contributed by atoms with Gasteiger partial charge in [0, 0.05) is 42.2 Å². The van der Waals surface area contributed by atoms with Crippen molar-refractivity contribution in [3.8, 4) is 0 Å². The molecule has 0 aliphatic carbocycles. The number of rotatable bonds is 5. The number of benzene rings is 2. The highest BCUT2D eigenvalue weighted by Gasteiger charge is 2.22. The summed E-state index contributed by atoms with van der Waals surface area (Å²) in [6.45, 7) is 3.55. The van der Waals surface area contributed by atoms with E-state index in [2.05, 4.69) is 80.6 Å². The van der Waals surface area contributed by atoms with Gasteiger partial charge in [0.15, 0.2) is 6.29 Å². The number of hydrogen-bond donors (Lipinski definition) is 4. The molecule has 1 unspecified atom stereocenters. The van der Waals surface area contributed by atoms with Crippen LogP contribution in [0.2, 0.25) is 0 Å². The van der Waals surface area contributed by atoms with Gasteiger partial charge in [-0.3, -0.25) is 5.32 Å². The lowest BCUT2D eigenvalue weighted by atomic mass is 10.1. The summed E-state index contributed by atoms with van der Waals surface area (Å²) in [6, 6.07) is 17.1. The summed E-state index contributed by atoms with van der Waals surface area (Å²) in [5.74, 6) is 0.554. The van der Waals surface area contributed by atoms with Crippen LogP contribution in [-0.2, 0) is 13.1 Å². The molecular weight excluding hydrogens is 360 g/mol. The van der Waals surface area contributed by atoms with Crippen molar-refractivity contribution < 1.29 is 0 Å². The summed E-state index contributed by atoms with van der Waals surface area (Å²) in [5, 5.41) is 5.99. The second-order valence-electron chi connectivity index (χ2n) is 7.52. The van der Waals surface area contributed by atoms with Gasteiger partial charge in [0.2, 0.25) is 0 Å². The second-order valence-corrected chi connectivity index (χ2v) is 7.52. The molecule has 0 fully saturated rings. The van der Waals surface area contributed by atoms with E-state index in [1.807, 2.05) is 18.5 Å². The monoisotopic (exact) mass is 384 g/mol. The minimum Gasteiger partial charge on any atom is -0.384 e. The van der Waals surface area contributed by atoms with E-state index in [9.17, 15) is 0 Å². The third-order valence-electron chi connectivity index (χ3n) is 5.45. The fraction of sp³-hybridized carbons (Fsp3) is 0.174. The van der Waals surface area contributed by atoms with E-state index in [1.165, 1.54) is 21.9 Å². The zero-order valence-electron chi connectivity index (χ0n) is 16.3. The second kappa shape index (κ2) is 7.14. The third kappa shape index (κ3) is 3.50. The van der Waals surface area contributed by atoms with Crippen LogP contribution in [0.3, 0.4) is 0 Å². The number of nitrogens with two attached hydrogens (primary N) is 1. The molecular formula is C23H24N6. The molecule has 1 aliphatic rings. The summed E-state index contributed by atoms with van der Waals surface area (Å²) in [4.78, 5) is 13.4. The van der Waals surface area contributed by atoms with Gasteiger partial charge in [0.25, 0.3) is 0 Å². The van der Waals surface area contributed by atoms with E-state index in [1.54, 1.807) is 0 Å². The number of allylic oxidation sites excluding steroid dienone is 1. The van der Waals surface area contributed by atoms with Gasteiger partial charge in [-0.15, -0.1) is 0 Å². The highest BCUT2D eigenvalue weighted by atomic mass is 15.4. The Labute approximate surface area is 169 Å². The molecule has 29 heavy (non-hydrogen) atoms. The molecule has 0 saturated heterocycles. The molecule has 0 saturated carbocycles. The topological polar surface area (TPSA) is 85.2 Å². The molecule has 0 amide bonds. The summed E-state index contributed by atoms with van der Waals surface area (Å²) in [6.07, 6.45) is 5.66. The summed E-state index contributed by atoms with van der Waals surface area (Å²) in [5.41, 5.74) is 11.9. The molecule has 6 nitrogen and oxygen atoms in total. The van der Waals surface area contributed by atoms with Crippen LogP contribution in [0.4, 0.5) is 0 Å². The van der Waals surface area contributed by atoms with Crippen molar-refractivity contribution in [1.29, 1.82) is 0 Å². The van der Waals surface area contributed by atoms with E-state index in [0.717, 1.165) is 23.3 Å². The molecule has 2 aromatic heterocycles. The number of amidine groups is 1. The molecule has 1 atom stereocenters. The van der Waals surface area contributed by atoms with Crippen molar-refractivity contribution in [3.63, 3.8) is 0 Å². The largest absolute Gasteiger partial charge is 0.384 e. The fourth-order valence-electron chi connectivity index (χ4n) is 3.92. The van der Waals surface area contributed by atoms with Gasteiger partial charge < -0.3 is 20.6 Å². The van der Waals surface area contributed by atoms with E-state index >= 15 is 0 Å². The first-order valence-electron chi connectivity index (χ1n) is 9.79. The fourth-order valence-corrected chi connectivity index (χ4v) is 3.92. The molecule has 0 radical (unpaired) electrons. The number of nitrogens with one attached hydrogen (secondary N) is 3. The number of hydrogen-bond acceptors (Lipinski definition) is 4. The van der Waals surface area contributed by atoms with Crippen LogP contribution >= 0.6 is 0 Å². The van der Waals surface area contributed by atoms with Gasteiger partial charge in [0.05, 0.1) is 0 Å². The van der Waals surface area contributed by atoms with Crippen LogP contribution in [0.1, 0.15) is 18.1 Å². The predicted molar refractivity (Wildman–Crippen MR) is 118 cm³/mol. The zero-order valence-corrected chi connectivity index (χ0v) is 16.3. The minimum atomic E-state index is -0.205. The van der Waals surface area contributed by atoms with E-state index < -0.39 is 0 Å². The predicted octanol–water partition coefficient (Wildman–Crippen LogP) is 3.80. The Bertz CT molecular complexity index is 1230. The Morgan fingerprint density at radius 3 is 2.34 bits per heavy atom. The molecule has 3 heterocycles. The maximum absolute atomic E-state index is 6.06.